The zero-order valence-electron chi connectivity index (χ0n) is 11.7. The molecule has 2 aromatic carbocycles. The Bertz CT molecular complexity index is 733. The van der Waals surface area contributed by atoms with Crippen LogP contribution in [0.25, 0.3) is 0 Å². The number of hydrogen-bond donors (Lipinski definition) is 0. The maximum absolute atomic E-state index is 12.9. The van der Waals surface area contributed by atoms with Gasteiger partial charge >= 0.3 is 6.18 Å². The molecule has 23 heavy (non-hydrogen) atoms. The Morgan fingerprint density at radius 1 is 1.13 bits per heavy atom. The van der Waals surface area contributed by atoms with Crippen LogP contribution in [-0.2, 0) is 11.0 Å². The lowest BCUT2D eigenvalue weighted by Crippen LogP contribution is -2.28. The van der Waals surface area contributed by atoms with Crippen LogP contribution in [0.3, 0.4) is 0 Å². The first-order valence-corrected chi connectivity index (χ1v) is 8.57. The number of anilines is 1. The number of carbonyl (C=O) groups excluding carboxylic acids is 1. The highest BCUT2D eigenvalue weighted by molar-refractivity contribution is 9.10. The molecule has 1 fully saturated rings. The van der Waals surface area contributed by atoms with Crippen molar-refractivity contribution < 1.29 is 18.0 Å². The summed E-state index contributed by atoms with van der Waals surface area (Å²) >= 11 is 4.75. The van der Waals surface area contributed by atoms with E-state index in [9.17, 15) is 18.0 Å². The molecule has 0 spiro atoms. The lowest BCUT2D eigenvalue weighted by Gasteiger charge is -2.25. The van der Waals surface area contributed by atoms with Gasteiger partial charge in [0.15, 0.2) is 0 Å². The first-order valence-electron chi connectivity index (χ1n) is 6.72. The molecule has 1 amide bonds. The summed E-state index contributed by atoms with van der Waals surface area (Å²) in [4.78, 5) is 13.6. The van der Waals surface area contributed by atoms with Crippen LogP contribution in [0.15, 0.2) is 53.0 Å². The average Bonchev–Trinajstić information content (AvgIpc) is 2.89. The lowest BCUT2D eigenvalue weighted by molar-refractivity contribution is -0.137. The third kappa shape index (κ3) is 3.40. The van der Waals surface area contributed by atoms with Gasteiger partial charge in [0.1, 0.15) is 5.37 Å². The number of carbonyl (C=O) groups is 1. The van der Waals surface area contributed by atoms with Crippen molar-refractivity contribution in [2.75, 3.05) is 10.7 Å². The molecule has 2 aromatic rings. The van der Waals surface area contributed by atoms with Crippen LogP contribution in [0, 0.1) is 0 Å². The number of nitrogens with zero attached hydrogens (tertiary/aromatic N) is 1. The SMILES string of the molecule is O=C1CS[C@@H](c2ccc(Br)cc2)N1c1cccc(C(F)(F)F)c1. The minimum absolute atomic E-state index is 0.192. The van der Waals surface area contributed by atoms with E-state index in [0.717, 1.165) is 22.2 Å². The summed E-state index contributed by atoms with van der Waals surface area (Å²) in [6.45, 7) is 0. The molecule has 1 aliphatic rings. The van der Waals surface area contributed by atoms with Crippen molar-refractivity contribution in [2.45, 2.75) is 11.6 Å². The van der Waals surface area contributed by atoms with Gasteiger partial charge in [-0.3, -0.25) is 9.69 Å². The van der Waals surface area contributed by atoms with Crippen LogP contribution in [0.4, 0.5) is 18.9 Å². The van der Waals surface area contributed by atoms with E-state index in [1.54, 1.807) is 0 Å². The van der Waals surface area contributed by atoms with E-state index in [1.165, 1.54) is 28.8 Å². The van der Waals surface area contributed by atoms with Crippen molar-refractivity contribution in [2.24, 2.45) is 0 Å². The summed E-state index contributed by atoms with van der Waals surface area (Å²) in [5.41, 5.74) is 0.387. The lowest BCUT2D eigenvalue weighted by atomic mass is 10.1. The molecule has 0 aliphatic carbocycles. The van der Waals surface area contributed by atoms with Gasteiger partial charge in [0.05, 0.1) is 11.3 Å². The minimum atomic E-state index is -4.43. The van der Waals surface area contributed by atoms with Crippen molar-refractivity contribution in [1.29, 1.82) is 0 Å². The largest absolute Gasteiger partial charge is 0.416 e. The summed E-state index contributed by atoms with van der Waals surface area (Å²) < 4.78 is 39.6. The molecular formula is C16H11BrF3NOS. The van der Waals surface area contributed by atoms with Crippen molar-refractivity contribution in [3.63, 3.8) is 0 Å². The molecule has 0 saturated carbocycles. The molecule has 1 heterocycles. The Hall–Kier alpha value is -1.47. The second-order valence-corrected chi connectivity index (χ2v) is 7.01. The van der Waals surface area contributed by atoms with E-state index in [1.807, 2.05) is 24.3 Å². The first-order chi connectivity index (χ1) is 10.9. The van der Waals surface area contributed by atoms with Crippen LogP contribution in [0.2, 0.25) is 0 Å². The van der Waals surface area contributed by atoms with E-state index in [2.05, 4.69) is 15.9 Å². The summed E-state index contributed by atoms with van der Waals surface area (Å²) in [7, 11) is 0. The second-order valence-electron chi connectivity index (χ2n) is 5.03. The minimum Gasteiger partial charge on any atom is -0.295 e. The number of halogens is 4. The summed E-state index contributed by atoms with van der Waals surface area (Å²) in [5, 5.41) is -0.320. The van der Waals surface area contributed by atoms with Gasteiger partial charge < -0.3 is 0 Å². The fraction of sp³-hybridized carbons (Fsp3) is 0.188. The van der Waals surface area contributed by atoms with E-state index >= 15 is 0 Å². The monoisotopic (exact) mass is 401 g/mol. The molecule has 1 atom stereocenters. The van der Waals surface area contributed by atoms with Gasteiger partial charge in [-0.1, -0.05) is 34.1 Å². The highest BCUT2D eigenvalue weighted by Crippen LogP contribution is 2.43. The number of alkyl halides is 3. The van der Waals surface area contributed by atoms with Gasteiger partial charge in [-0.05, 0) is 35.9 Å². The molecule has 1 saturated heterocycles. The third-order valence-corrected chi connectivity index (χ3v) is 5.22. The molecule has 0 N–H and O–H groups in total. The predicted molar refractivity (Wildman–Crippen MR) is 88.3 cm³/mol. The van der Waals surface area contributed by atoms with Crippen LogP contribution < -0.4 is 4.90 Å². The van der Waals surface area contributed by atoms with Gasteiger partial charge in [-0.25, -0.2) is 0 Å². The number of thioether (sulfide) groups is 1. The highest BCUT2D eigenvalue weighted by Gasteiger charge is 2.36. The zero-order chi connectivity index (χ0) is 16.6. The Morgan fingerprint density at radius 3 is 2.48 bits per heavy atom. The van der Waals surface area contributed by atoms with E-state index < -0.39 is 11.7 Å². The van der Waals surface area contributed by atoms with E-state index in [4.69, 9.17) is 0 Å². The fourth-order valence-corrected chi connectivity index (χ4v) is 3.85. The van der Waals surface area contributed by atoms with Crippen molar-refractivity contribution in [1.82, 2.24) is 0 Å². The van der Waals surface area contributed by atoms with Gasteiger partial charge in [-0.2, -0.15) is 13.2 Å². The molecular weight excluding hydrogens is 391 g/mol. The standard InChI is InChI=1S/C16H11BrF3NOS/c17-12-6-4-10(5-7-12)15-21(14(22)9-23-15)13-3-1-2-11(8-13)16(18,19)20/h1-8,15H,9H2/t15-/m0/s1. The van der Waals surface area contributed by atoms with Gasteiger partial charge in [0.25, 0.3) is 0 Å². The van der Waals surface area contributed by atoms with Crippen molar-refractivity contribution >= 4 is 39.3 Å². The molecule has 7 heteroatoms. The third-order valence-electron chi connectivity index (χ3n) is 3.47. The molecule has 0 aromatic heterocycles. The number of amides is 1. The Morgan fingerprint density at radius 2 is 1.83 bits per heavy atom. The van der Waals surface area contributed by atoms with Crippen LogP contribution in [0.5, 0.6) is 0 Å². The summed E-state index contributed by atoms with van der Waals surface area (Å²) in [6.07, 6.45) is -4.43. The number of benzene rings is 2. The molecule has 0 bridgehead atoms. The maximum atomic E-state index is 12.9. The highest BCUT2D eigenvalue weighted by atomic mass is 79.9. The van der Waals surface area contributed by atoms with Crippen LogP contribution in [-0.4, -0.2) is 11.7 Å². The number of rotatable bonds is 2. The first kappa shape index (κ1) is 16.4. The van der Waals surface area contributed by atoms with E-state index in [0.29, 0.717) is 0 Å². The topological polar surface area (TPSA) is 20.3 Å². The molecule has 120 valence electrons. The molecule has 3 rings (SSSR count). The van der Waals surface area contributed by atoms with Crippen LogP contribution in [0.1, 0.15) is 16.5 Å². The summed E-state index contributed by atoms with van der Waals surface area (Å²) in [5.74, 6) is 0.0546. The molecule has 1 aliphatic heterocycles. The molecule has 0 radical (unpaired) electrons. The van der Waals surface area contributed by atoms with Crippen molar-refractivity contribution in [3.05, 3.63) is 64.1 Å². The van der Waals surface area contributed by atoms with Crippen molar-refractivity contribution in [3.8, 4) is 0 Å². The fourth-order valence-electron chi connectivity index (χ4n) is 2.41. The Kier molecular flexibility index (Phi) is 4.42. The summed E-state index contributed by atoms with van der Waals surface area (Å²) in [6, 6.07) is 12.3. The van der Waals surface area contributed by atoms with Gasteiger partial charge in [0.2, 0.25) is 5.91 Å². The Labute approximate surface area is 143 Å². The smallest absolute Gasteiger partial charge is 0.295 e. The quantitative estimate of drug-likeness (QED) is 0.684. The predicted octanol–water partition coefficient (Wildman–Crippen LogP) is 5.25. The maximum Gasteiger partial charge on any atom is 0.416 e. The second kappa shape index (κ2) is 6.20. The molecule has 2 nitrogen and oxygen atoms in total. The molecule has 0 unspecified atom stereocenters. The van der Waals surface area contributed by atoms with Crippen LogP contribution >= 0.6 is 27.7 Å². The van der Waals surface area contributed by atoms with E-state index in [-0.39, 0.29) is 22.7 Å². The van der Waals surface area contributed by atoms with Gasteiger partial charge in [-0.15, -0.1) is 11.8 Å². The van der Waals surface area contributed by atoms with Gasteiger partial charge in [0, 0.05) is 10.2 Å². The normalized spacial score (nSPS) is 18.5. The number of hydrogen-bond acceptors (Lipinski definition) is 2. The zero-order valence-corrected chi connectivity index (χ0v) is 14.1. The Balaban J connectivity index is 1.99. The average molecular weight is 402 g/mol.